The Kier molecular flexibility index (Phi) is 5.54. The number of sulfone groups is 1. The highest BCUT2D eigenvalue weighted by Gasteiger charge is 2.16. The van der Waals surface area contributed by atoms with Gasteiger partial charge in [0.15, 0.2) is 9.84 Å². The van der Waals surface area contributed by atoms with E-state index in [1.165, 1.54) is 18.2 Å². The third-order valence-electron chi connectivity index (χ3n) is 4.19. The molecule has 0 aliphatic carbocycles. The summed E-state index contributed by atoms with van der Waals surface area (Å²) in [7, 11) is -3.42. The minimum atomic E-state index is -3.42. The van der Waals surface area contributed by atoms with Crippen molar-refractivity contribution >= 4 is 55.7 Å². The van der Waals surface area contributed by atoms with Crippen LogP contribution in [-0.4, -0.2) is 41.5 Å². The summed E-state index contributed by atoms with van der Waals surface area (Å²) in [6.45, 7) is 0. The maximum atomic E-state index is 12.3. The van der Waals surface area contributed by atoms with Crippen molar-refractivity contribution in [1.29, 1.82) is 0 Å². The van der Waals surface area contributed by atoms with Gasteiger partial charge in [-0.05, 0) is 24.3 Å². The molecule has 0 aliphatic rings. The minimum Gasteiger partial charge on any atom is -0.411 e. The highest BCUT2D eigenvalue weighted by Crippen LogP contribution is 2.30. The summed E-state index contributed by atoms with van der Waals surface area (Å²) in [6.07, 6.45) is 2.87. The number of fused-ring (bicyclic) bond motifs is 1. The topological polar surface area (TPSA) is 118 Å². The molecule has 0 saturated carbocycles. The van der Waals surface area contributed by atoms with E-state index in [-0.39, 0.29) is 32.5 Å². The molecular formula is C19H15ClN4O4S2. The van der Waals surface area contributed by atoms with E-state index in [1.807, 2.05) is 24.3 Å². The quantitative estimate of drug-likeness (QED) is 0.415. The molecule has 0 atom stereocenters. The number of benzene rings is 2. The number of thioether (sulfide) groups is 1. The maximum absolute atomic E-state index is 12.3. The van der Waals surface area contributed by atoms with Crippen LogP contribution in [0.1, 0.15) is 0 Å². The fraction of sp³-hybridized carbons (Fsp3) is 0.105. The molecule has 2 aromatic carbocycles. The molecular weight excluding hydrogens is 448 g/mol. The normalized spacial score (nSPS) is 11.7. The van der Waals surface area contributed by atoms with Crippen molar-refractivity contribution in [2.75, 3.05) is 17.3 Å². The Labute approximate surface area is 180 Å². The Morgan fingerprint density at radius 1 is 1.23 bits per heavy atom. The number of anilines is 1. The Hall–Kier alpha value is -2.82. The summed E-state index contributed by atoms with van der Waals surface area (Å²) in [5, 5.41) is 12.0. The van der Waals surface area contributed by atoms with Crippen LogP contribution in [0.3, 0.4) is 0 Å². The number of nitrogens with one attached hydrogen (secondary N) is 2. The fourth-order valence-corrected chi connectivity index (χ4v) is 4.14. The SMILES string of the molecule is CS(=O)(=O)c1ccc(Cl)c(NC(=O)CSc2nnc(-c3c[nH]c4ccccc34)o2)c1. The average Bonchev–Trinajstić information content (AvgIpc) is 3.33. The number of hydrogen-bond donors (Lipinski definition) is 2. The van der Waals surface area contributed by atoms with Gasteiger partial charge < -0.3 is 14.7 Å². The van der Waals surface area contributed by atoms with E-state index >= 15 is 0 Å². The van der Waals surface area contributed by atoms with Crippen LogP contribution in [0, 0.1) is 0 Å². The Balaban J connectivity index is 1.43. The molecule has 0 bridgehead atoms. The summed E-state index contributed by atoms with van der Waals surface area (Å²) < 4.78 is 29.0. The Morgan fingerprint density at radius 3 is 2.83 bits per heavy atom. The average molecular weight is 463 g/mol. The summed E-state index contributed by atoms with van der Waals surface area (Å²) in [4.78, 5) is 15.5. The van der Waals surface area contributed by atoms with E-state index in [9.17, 15) is 13.2 Å². The third kappa shape index (κ3) is 4.35. The van der Waals surface area contributed by atoms with Crippen LogP contribution in [0.15, 0.2) is 63.2 Å². The van der Waals surface area contributed by atoms with Gasteiger partial charge in [0.25, 0.3) is 11.1 Å². The summed E-state index contributed by atoms with van der Waals surface area (Å²) in [6, 6.07) is 11.9. The molecule has 0 radical (unpaired) electrons. The highest BCUT2D eigenvalue weighted by molar-refractivity contribution is 7.99. The number of hydrogen-bond acceptors (Lipinski definition) is 7. The van der Waals surface area contributed by atoms with Gasteiger partial charge in [0.05, 0.1) is 26.9 Å². The number of H-pyrrole nitrogens is 1. The fourth-order valence-electron chi connectivity index (χ4n) is 2.77. The van der Waals surface area contributed by atoms with E-state index < -0.39 is 9.84 Å². The number of halogens is 1. The van der Waals surface area contributed by atoms with Crippen LogP contribution < -0.4 is 5.32 Å². The molecule has 1 amide bonds. The minimum absolute atomic E-state index is 0.0189. The predicted octanol–water partition coefficient (Wildman–Crippen LogP) is 4.01. The van der Waals surface area contributed by atoms with Crippen LogP contribution >= 0.6 is 23.4 Å². The van der Waals surface area contributed by atoms with Crippen molar-refractivity contribution in [2.24, 2.45) is 0 Å². The number of rotatable bonds is 6. The lowest BCUT2D eigenvalue weighted by Crippen LogP contribution is -2.14. The molecule has 2 heterocycles. The number of nitrogens with zero attached hydrogens (tertiary/aromatic N) is 2. The van der Waals surface area contributed by atoms with Gasteiger partial charge in [-0.15, -0.1) is 10.2 Å². The molecule has 154 valence electrons. The van der Waals surface area contributed by atoms with Crippen LogP contribution in [-0.2, 0) is 14.6 Å². The molecule has 0 aliphatic heterocycles. The molecule has 2 N–H and O–H groups in total. The van der Waals surface area contributed by atoms with Gasteiger partial charge in [0, 0.05) is 23.4 Å². The van der Waals surface area contributed by atoms with Crippen LogP contribution in [0.25, 0.3) is 22.4 Å². The molecule has 11 heteroatoms. The van der Waals surface area contributed by atoms with Crippen molar-refractivity contribution in [1.82, 2.24) is 15.2 Å². The lowest BCUT2D eigenvalue weighted by Gasteiger charge is -2.08. The lowest BCUT2D eigenvalue weighted by atomic mass is 10.2. The number of amides is 1. The predicted molar refractivity (Wildman–Crippen MR) is 116 cm³/mol. The molecule has 30 heavy (non-hydrogen) atoms. The van der Waals surface area contributed by atoms with E-state index in [0.29, 0.717) is 5.89 Å². The van der Waals surface area contributed by atoms with Crippen molar-refractivity contribution in [3.8, 4) is 11.5 Å². The molecule has 0 unspecified atom stereocenters. The van der Waals surface area contributed by atoms with Gasteiger partial charge in [0.2, 0.25) is 5.91 Å². The van der Waals surface area contributed by atoms with Crippen molar-refractivity contribution in [3.63, 3.8) is 0 Å². The zero-order valence-corrected chi connectivity index (χ0v) is 17.9. The third-order valence-corrected chi connectivity index (χ3v) is 6.45. The number of carbonyl (C=O) groups is 1. The van der Waals surface area contributed by atoms with Crippen molar-refractivity contribution in [3.05, 3.63) is 53.7 Å². The van der Waals surface area contributed by atoms with Crippen LogP contribution in [0.2, 0.25) is 5.02 Å². The van der Waals surface area contributed by atoms with Gasteiger partial charge >= 0.3 is 0 Å². The number of aromatic amines is 1. The molecule has 8 nitrogen and oxygen atoms in total. The zero-order valence-electron chi connectivity index (χ0n) is 15.5. The number of aromatic nitrogens is 3. The summed E-state index contributed by atoms with van der Waals surface area (Å²) in [5.41, 5.74) is 1.95. The molecule has 0 spiro atoms. The number of carbonyl (C=O) groups excluding carboxylic acids is 1. The smallest absolute Gasteiger partial charge is 0.277 e. The number of para-hydroxylation sites is 1. The molecule has 4 rings (SSSR count). The first kappa shape index (κ1) is 20.5. The molecule has 2 aromatic heterocycles. The van der Waals surface area contributed by atoms with Crippen molar-refractivity contribution in [2.45, 2.75) is 10.1 Å². The lowest BCUT2D eigenvalue weighted by molar-refractivity contribution is -0.113. The van der Waals surface area contributed by atoms with Gasteiger partial charge in [-0.2, -0.15) is 0 Å². The van der Waals surface area contributed by atoms with Gasteiger partial charge in [-0.3, -0.25) is 4.79 Å². The zero-order chi connectivity index (χ0) is 21.3. The van der Waals surface area contributed by atoms with Crippen LogP contribution in [0.4, 0.5) is 5.69 Å². The Bertz CT molecular complexity index is 1350. The summed E-state index contributed by atoms with van der Waals surface area (Å²) in [5.74, 6) is -0.0618. The first-order valence-corrected chi connectivity index (χ1v) is 11.9. The molecule has 0 fully saturated rings. The van der Waals surface area contributed by atoms with E-state index in [0.717, 1.165) is 34.5 Å². The maximum Gasteiger partial charge on any atom is 0.277 e. The first-order valence-electron chi connectivity index (χ1n) is 8.63. The summed E-state index contributed by atoms with van der Waals surface area (Å²) >= 11 is 7.12. The molecule has 4 aromatic rings. The second-order valence-electron chi connectivity index (χ2n) is 6.37. The van der Waals surface area contributed by atoms with Crippen molar-refractivity contribution < 1.29 is 17.6 Å². The monoisotopic (exact) mass is 462 g/mol. The Morgan fingerprint density at radius 2 is 2.03 bits per heavy atom. The standard InChI is InChI=1S/C19H15ClN4O4S2/c1-30(26,27)11-6-7-14(20)16(8-11)22-17(25)10-29-19-24-23-18(28-19)13-9-21-15-5-3-2-4-12(13)15/h2-9,21H,10H2,1H3,(H,22,25). The van der Waals surface area contributed by atoms with Crippen LogP contribution in [0.5, 0.6) is 0 Å². The second-order valence-corrected chi connectivity index (χ2v) is 9.72. The van der Waals surface area contributed by atoms with Gasteiger partial charge in [-0.1, -0.05) is 41.6 Å². The first-order chi connectivity index (χ1) is 14.3. The van der Waals surface area contributed by atoms with Gasteiger partial charge in [0.1, 0.15) is 0 Å². The highest BCUT2D eigenvalue weighted by atomic mass is 35.5. The molecule has 0 saturated heterocycles. The van der Waals surface area contributed by atoms with E-state index in [4.69, 9.17) is 16.0 Å². The second kappa shape index (κ2) is 8.13. The van der Waals surface area contributed by atoms with Gasteiger partial charge in [-0.25, -0.2) is 8.42 Å². The van der Waals surface area contributed by atoms with E-state index in [2.05, 4.69) is 20.5 Å². The largest absolute Gasteiger partial charge is 0.411 e. The van der Waals surface area contributed by atoms with E-state index in [1.54, 1.807) is 6.20 Å².